The molecule has 1 aliphatic heterocycles. The van der Waals surface area contributed by atoms with Crippen LogP contribution in [0.2, 0.25) is 10.0 Å². The molecule has 0 aliphatic carbocycles. The third-order valence-electron chi connectivity index (χ3n) is 3.15. The topological polar surface area (TPSA) is 20.2 Å². The normalized spacial score (nSPS) is 29.6. The average Bonchev–Trinajstić information content (AvgIpc) is 2.53. The van der Waals surface area contributed by atoms with Gasteiger partial charge in [-0.1, -0.05) is 36.2 Å². The first-order chi connectivity index (χ1) is 7.51. The summed E-state index contributed by atoms with van der Waals surface area (Å²) in [5.74, 6) is 1.03. The Morgan fingerprint density at radius 1 is 1.44 bits per heavy atom. The highest BCUT2D eigenvalue weighted by Gasteiger charge is 2.38. The molecule has 2 unspecified atom stereocenters. The molecule has 1 fully saturated rings. The summed E-state index contributed by atoms with van der Waals surface area (Å²) in [5.41, 5.74) is 0.452. The maximum atomic E-state index is 10.5. The van der Waals surface area contributed by atoms with E-state index in [1.807, 2.05) is 23.9 Å². The number of hydrogen-bond donors (Lipinski definition) is 1. The predicted molar refractivity (Wildman–Crippen MR) is 71.7 cm³/mol. The molecule has 1 heterocycles. The smallest absolute Gasteiger partial charge is 0.0811 e. The zero-order valence-corrected chi connectivity index (χ0v) is 11.4. The van der Waals surface area contributed by atoms with E-state index in [0.717, 1.165) is 17.7 Å². The molecule has 2 atom stereocenters. The molecule has 0 aromatic heterocycles. The zero-order valence-electron chi connectivity index (χ0n) is 9.04. The molecule has 1 nitrogen and oxygen atoms in total. The molecule has 1 aromatic carbocycles. The Balaban J connectivity index is 2.17. The van der Waals surface area contributed by atoms with Gasteiger partial charge >= 0.3 is 0 Å². The number of hydrogen-bond acceptors (Lipinski definition) is 2. The second-order valence-electron chi connectivity index (χ2n) is 4.29. The van der Waals surface area contributed by atoms with Crippen molar-refractivity contribution in [2.45, 2.75) is 30.6 Å². The molecule has 16 heavy (non-hydrogen) atoms. The van der Waals surface area contributed by atoms with Crippen molar-refractivity contribution in [3.8, 4) is 0 Å². The SMILES string of the molecule is CC1SCCC1(O)Cc1ccc(Cl)c(Cl)c1. The van der Waals surface area contributed by atoms with Crippen molar-refractivity contribution in [1.82, 2.24) is 0 Å². The molecule has 2 rings (SSSR count). The molecule has 0 radical (unpaired) electrons. The lowest BCUT2D eigenvalue weighted by Crippen LogP contribution is -2.36. The summed E-state index contributed by atoms with van der Waals surface area (Å²) in [6.45, 7) is 2.08. The molecule has 0 amide bonds. The van der Waals surface area contributed by atoms with Gasteiger partial charge in [0.05, 0.1) is 15.6 Å². The Morgan fingerprint density at radius 3 is 2.75 bits per heavy atom. The minimum absolute atomic E-state index is 0.280. The molecule has 0 spiro atoms. The van der Waals surface area contributed by atoms with E-state index in [1.165, 1.54) is 0 Å². The Labute approximate surface area is 110 Å². The third kappa shape index (κ3) is 2.51. The van der Waals surface area contributed by atoms with Crippen LogP contribution in [0, 0.1) is 0 Å². The lowest BCUT2D eigenvalue weighted by molar-refractivity contribution is 0.0464. The lowest BCUT2D eigenvalue weighted by atomic mass is 9.89. The quantitative estimate of drug-likeness (QED) is 0.887. The van der Waals surface area contributed by atoms with Crippen LogP contribution in [0.15, 0.2) is 18.2 Å². The standard InChI is InChI=1S/C12H14Cl2OS/c1-8-12(15,4-5-16-8)7-9-2-3-10(13)11(14)6-9/h2-3,6,8,15H,4-5,7H2,1H3. The van der Waals surface area contributed by atoms with Crippen molar-refractivity contribution in [1.29, 1.82) is 0 Å². The van der Waals surface area contributed by atoms with E-state index in [4.69, 9.17) is 23.2 Å². The fraction of sp³-hybridized carbons (Fsp3) is 0.500. The van der Waals surface area contributed by atoms with Gasteiger partial charge in [-0.3, -0.25) is 0 Å². The van der Waals surface area contributed by atoms with Gasteiger partial charge in [-0.25, -0.2) is 0 Å². The summed E-state index contributed by atoms with van der Waals surface area (Å²) in [4.78, 5) is 0. The number of thioether (sulfide) groups is 1. The van der Waals surface area contributed by atoms with E-state index in [9.17, 15) is 5.11 Å². The number of halogens is 2. The van der Waals surface area contributed by atoms with Gasteiger partial charge in [0.1, 0.15) is 0 Å². The van der Waals surface area contributed by atoms with Crippen molar-refractivity contribution in [2.75, 3.05) is 5.75 Å². The Kier molecular flexibility index (Phi) is 3.75. The van der Waals surface area contributed by atoms with E-state index in [2.05, 4.69) is 6.92 Å². The molecular formula is C12H14Cl2OS. The van der Waals surface area contributed by atoms with Gasteiger partial charge in [0.15, 0.2) is 0 Å². The molecular weight excluding hydrogens is 263 g/mol. The maximum absolute atomic E-state index is 10.5. The number of rotatable bonds is 2. The van der Waals surface area contributed by atoms with Crippen LogP contribution in [0.4, 0.5) is 0 Å². The highest BCUT2D eigenvalue weighted by molar-refractivity contribution is 8.00. The molecule has 1 aliphatic rings. The van der Waals surface area contributed by atoms with E-state index in [1.54, 1.807) is 6.07 Å². The summed E-state index contributed by atoms with van der Waals surface area (Å²) in [5, 5.41) is 11.9. The molecule has 88 valence electrons. The Bertz CT molecular complexity index is 397. The van der Waals surface area contributed by atoms with Gasteiger partial charge in [0.2, 0.25) is 0 Å². The first kappa shape index (κ1) is 12.6. The van der Waals surface area contributed by atoms with Crippen LogP contribution in [-0.2, 0) is 6.42 Å². The average molecular weight is 277 g/mol. The fourth-order valence-electron chi connectivity index (χ4n) is 2.01. The second-order valence-corrected chi connectivity index (χ2v) is 6.55. The minimum Gasteiger partial charge on any atom is -0.388 e. The summed E-state index contributed by atoms with van der Waals surface area (Å²) >= 11 is 13.6. The van der Waals surface area contributed by atoms with Crippen LogP contribution in [-0.4, -0.2) is 21.7 Å². The van der Waals surface area contributed by atoms with Crippen LogP contribution in [0.3, 0.4) is 0 Å². The van der Waals surface area contributed by atoms with Gasteiger partial charge in [0, 0.05) is 11.7 Å². The van der Waals surface area contributed by atoms with Crippen LogP contribution in [0.25, 0.3) is 0 Å². The van der Waals surface area contributed by atoms with Gasteiger partial charge in [-0.2, -0.15) is 11.8 Å². The van der Waals surface area contributed by atoms with Crippen LogP contribution >= 0.6 is 35.0 Å². The van der Waals surface area contributed by atoms with Gasteiger partial charge in [-0.05, 0) is 29.9 Å². The van der Waals surface area contributed by atoms with E-state index in [-0.39, 0.29) is 5.25 Å². The Hall–Kier alpha value is 0.110. The summed E-state index contributed by atoms with van der Waals surface area (Å²) < 4.78 is 0. The van der Waals surface area contributed by atoms with Gasteiger partial charge in [0.25, 0.3) is 0 Å². The third-order valence-corrected chi connectivity index (χ3v) is 5.27. The first-order valence-corrected chi connectivity index (χ1v) is 7.10. The summed E-state index contributed by atoms with van der Waals surface area (Å²) in [7, 11) is 0. The van der Waals surface area contributed by atoms with Crippen molar-refractivity contribution < 1.29 is 5.11 Å². The molecule has 4 heteroatoms. The second kappa shape index (κ2) is 4.77. The van der Waals surface area contributed by atoms with E-state index < -0.39 is 5.60 Å². The first-order valence-electron chi connectivity index (χ1n) is 5.29. The molecule has 1 saturated heterocycles. The fourth-order valence-corrected chi connectivity index (χ4v) is 3.66. The molecule has 0 saturated carbocycles. The zero-order chi connectivity index (χ0) is 11.8. The highest BCUT2D eigenvalue weighted by Crippen LogP contribution is 2.38. The lowest BCUT2D eigenvalue weighted by Gasteiger charge is -2.27. The summed E-state index contributed by atoms with van der Waals surface area (Å²) in [6, 6.07) is 5.56. The van der Waals surface area contributed by atoms with Crippen molar-refractivity contribution in [3.05, 3.63) is 33.8 Å². The predicted octanol–water partition coefficient (Wildman–Crippen LogP) is 3.79. The molecule has 1 aromatic rings. The van der Waals surface area contributed by atoms with Crippen LogP contribution < -0.4 is 0 Å². The highest BCUT2D eigenvalue weighted by atomic mass is 35.5. The largest absolute Gasteiger partial charge is 0.388 e. The van der Waals surface area contributed by atoms with E-state index >= 15 is 0 Å². The number of benzene rings is 1. The molecule has 1 N–H and O–H groups in total. The maximum Gasteiger partial charge on any atom is 0.0811 e. The van der Waals surface area contributed by atoms with Crippen LogP contribution in [0.1, 0.15) is 18.9 Å². The van der Waals surface area contributed by atoms with Gasteiger partial charge in [-0.15, -0.1) is 0 Å². The summed E-state index contributed by atoms with van der Waals surface area (Å²) in [6.07, 6.45) is 1.50. The Morgan fingerprint density at radius 2 is 2.19 bits per heavy atom. The van der Waals surface area contributed by atoms with Crippen molar-refractivity contribution in [2.24, 2.45) is 0 Å². The molecule has 0 bridgehead atoms. The minimum atomic E-state index is -0.595. The van der Waals surface area contributed by atoms with Crippen molar-refractivity contribution in [3.63, 3.8) is 0 Å². The van der Waals surface area contributed by atoms with Crippen LogP contribution in [0.5, 0.6) is 0 Å². The van der Waals surface area contributed by atoms with Crippen molar-refractivity contribution >= 4 is 35.0 Å². The van der Waals surface area contributed by atoms with E-state index in [0.29, 0.717) is 16.5 Å². The monoisotopic (exact) mass is 276 g/mol. The number of aliphatic hydroxyl groups is 1. The van der Waals surface area contributed by atoms with Gasteiger partial charge < -0.3 is 5.11 Å².